The summed E-state index contributed by atoms with van der Waals surface area (Å²) in [5, 5.41) is -0.192. The lowest BCUT2D eigenvalue weighted by atomic mass is 10.0. The van der Waals surface area contributed by atoms with Gasteiger partial charge in [0, 0.05) is 28.5 Å². The van der Waals surface area contributed by atoms with Crippen LogP contribution in [-0.2, 0) is 26.7 Å². The van der Waals surface area contributed by atoms with Crippen molar-refractivity contribution in [3.63, 3.8) is 0 Å². The Labute approximate surface area is 120 Å². The first-order chi connectivity index (χ1) is 8.95. The molecule has 3 rings (SSSR count). The van der Waals surface area contributed by atoms with Crippen molar-refractivity contribution >= 4 is 42.1 Å². The number of carbonyl (C=O) groups excluding carboxylic acids is 1. The van der Waals surface area contributed by atoms with Crippen molar-refractivity contribution in [2.24, 2.45) is 0 Å². The number of hydrogen-bond donors (Lipinski definition) is 0. The number of halogens is 1. The number of carbonyl (C=O) groups is 1. The molecule has 1 unspecified atom stereocenters. The lowest BCUT2D eigenvalue weighted by molar-refractivity contribution is -0.117. The number of nitrogens with zero attached hydrogens (tertiary/aromatic N) is 2. The average Bonchev–Trinajstić information content (AvgIpc) is 2.90. The molecular weight excluding hydrogens is 308 g/mol. The molecule has 0 N–H and O–H groups in total. The predicted molar refractivity (Wildman–Crippen MR) is 74.3 cm³/mol. The molecule has 1 amide bonds. The van der Waals surface area contributed by atoms with E-state index in [1.54, 1.807) is 0 Å². The summed E-state index contributed by atoms with van der Waals surface area (Å²) in [6.45, 7) is 0.122. The fraction of sp³-hybridized carbons (Fsp3) is 0.636. The van der Waals surface area contributed by atoms with Crippen molar-refractivity contribution in [2.75, 3.05) is 11.4 Å². The van der Waals surface area contributed by atoms with E-state index in [1.807, 2.05) is 0 Å². The lowest BCUT2D eigenvalue weighted by Crippen LogP contribution is -2.26. The average molecular weight is 321 g/mol. The number of anilines is 1. The van der Waals surface area contributed by atoms with Crippen LogP contribution in [0, 0.1) is 0 Å². The lowest BCUT2D eigenvalue weighted by Gasteiger charge is -2.11. The van der Waals surface area contributed by atoms with Gasteiger partial charge in [-0.05, 0) is 25.7 Å². The van der Waals surface area contributed by atoms with Crippen LogP contribution in [0.1, 0.15) is 29.8 Å². The van der Waals surface area contributed by atoms with Crippen molar-refractivity contribution in [1.82, 2.24) is 4.98 Å². The van der Waals surface area contributed by atoms with Gasteiger partial charge in [-0.1, -0.05) is 0 Å². The fourth-order valence-corrected chi connectivity index (χ4v) is 4.70. The molecular formula is C11H13ClN2O3S2. The highest BCUT2D eigenvalue weighted by Crippen LogP contribution is 2.34. The van der Waals surface area contributed by atoms with E-state index in [2.05, 4.69) is 4.98 Å². The Morgan fingerprint density at radius 1 is 1.32 bits per heavy atom. The van der Waals surface area contributed by atoms with E-state index in [-0.39, 0.29) is 18.9 Å². The minimum absolute atomic E-state index is 0.0456. The van der Waals surface area contributed by atoms with Gasteiger partial charge >= 0.3 is 0 Å². The zero-order valence-electron chi connectivity index (χ0n) is 10.1. The monoisotopic (exact) mass is 320 g/mol. The van der Waals surface area contributed by atoms with Crippen molar-refractivity contribution in [3.8, 4) is 0 Å². The Bertz CT molecular complexity index is 602. The zero-order valence-corrected chi connectivity index (χ0v) is 12.5. The summed E-state index contributed by atoms with van der Waals surface area (Å²) >= 11 is 1.51. The molecule has 1 aromatic rings. The van der Waals surface area contributed by atoms with Crippen molar-refractivity contribution in [1.29, 1.82) is 0 Å². The van der Waals surface area contributed by atoms with E-state index in [0.717, 1.165) is 31.4 Å². The smallest absolute Gasteiger partial charge is 0.237 e. The molecule has 104 valence electrons. The molecule has 8 heteroatoms. The van der Waals surface area contributed by atoms with Crippen LogP contribution in [-0.4, -0.2) is 31.1 Å². The van der Waals surface area contributed by atoms with Gasteiger partial charge in [0.2, 0.25) is 15.0 Å². The summed E-state index contributed by atoms with van der Waals surface area (Å²) in [4.78, 5) is 19.1. The maximum atomic E-state index is 11.9. The summed E-state index contributed by atoms with van der Waals surface area (Å²) in [6, 6.07) is 0. The van der Waals surface area contributed by atoms with E-state index in [1.165, 1.54) is 21.1 Å². The van der Waals surface area contributed by atoms with Gasteiger partial charge in [-0.2, -0.15) is 0 Å². The van der Waals surface area contributed by atoms with Gasteiger partial charge in [-0.25, -0.2) is 13.4 Å². The molecule has 1 atom stereocenters. The number of thiazole rings is 1. The number of fused-ring (bicyclic) bond motifs is 1. The van der Waals surface area contributed by atoms with Gasteiger partial charge < -0.3 is 0 Å². The second-order valence-corrected chi connectivity index (χ2v) is 8.85. The van der Waals surface area contributed by atoms with Crippen LogP contribution in [0.25, 0.3) is 0 Å². The van der Waals surface area contributed by atoms with Crippen LogP contribution in [0.2, 0.25) is 0 Å². The SMILES string of the molecule is O=C1CC(S(=O)(=O)Cl)CN1c1nc2c(s1)CCCC2. The topological polar surface area (TPSA) is 67.3 Å². The Morgan fingerprint density at radius 2 is 2.05 bits per heavy atom. The molecule has 1 aliphatic carbocycles. The fourth-order valence-electron chi connectivity index (χ4n) is 2.50. The standard InChI is InChI=1S/C11H13ClN2O3S2/c12-19(16,17)7-5-10(15)14(6-7)11-13-8-3-1-2-4-9(8)18-11/h7H,1-6H2. The summed E-state index contributed by atoms with van der Waals surface area (Å²) in [6.07, 6.45) is 4.19. The first kappa shape index (κ1) is 13.3. The van der Waals surface area contributed by atoms with Gasteiger partial charge in [0.1, 0.15) is 5.25 Å². The van der Waals surface area contributed by atoms with Gasteiger partial charge in [0.25, 0.3) is 0 Å². The molecule has 1 fully saturated rings. The molecule has 1 aliphatic heterocycles. The molecule has 1 aromatic heterocycles. The zero-order chi connectivity index (χ0) is 13.6. The quantitative estimate of drug-likeness (QED) is 0.778. The normalized spacial score (nSPS) is 23.7. The van der Waals surface area contributed by atoms with E-state index >= 15 is 0 Å². The molecule has 19 heavy (non-hydrogen) atoms. The van der Waals surface area contributed by atoms with E-state index in [4.69, 9.17) is 10.7 Å². The molecule has 0 saturated carbocycles. The minimum atomic E-state index is -3.69. The minimum Gasteiger partial charge on any atom is -0.287 e. The Balaban J connectivity index is 1.87. The summed E-state index contributed by atoms with van der Waals surface area (Å²) in [5.74, 6) is -0.208. The predicted octanol–water partition coefficient (Wildman–Crippen LogP) is 1.70. The second-order valence-electron chi connectivity index (χ2n) is 4.88. The van der Waals surface area contributed by atoms with Crippen molar-refractivity contribution < 1.29 is 13.2 Å². The van der Waals surface area contributed by atoms with Crippen LogP contribution < -0.4 is 4.90 Å². The molecule has 0 bridgehead atoms. The van der Waals surface area contributed by atoms with Gasteiger partial charge in [0.05, 0.1) is 5.69 Å². The largest absolute Gasteiger partial charge is 0.287 e. The molecule has 0 radical (unpaired) electrons. The van der Waals surface area contributed by atoms with Crippen LogP contribution in [0.3, 0.4) is 0 Å². The maximum absolute atomic E-state index is 11.9. The number of aromatic nitrogens is 1. The summed E-state index contributed by atoms with van der Waals surface area (Å²) in [5.41, 5.74) is 1.07. The maximum Gasteiger partial charge on any atom is 0.237 e. The molecule has 1 saturated heterocycles. The van der Waals surface area contributed by atoms with Crippen molar-refractivity contribution in [2.45, 2.75) is 37.4 Å². The Hall–Kier alpha value is -0.660. The van der Waals surface area contributed by atoms with E-state index in [9.17, 15) is 13.2 Å². The molecule has 2 aliphatic rings. The number of aryl methyl sites for hydroxylation is 2. The summed E-state index contributed by atoms with van der Waals surface area (Å²) in [7, 11) is 1.64. The van der Waals surface area contributed by atoms with Gasteiger partial charge in [-0.15, -0.1) is 11.3 Å². The van der Waals surface area contributed by atoms with Crippen LogP contribution in [0.15, 0.2) is 0 Å². The third kappa shape index (κ3) is 2.51. The third-order valence-corrected chi connectivity index (χ3v) is 6.60. The number of rotatable bonds is 2. The van der Waals surface area contributed by atoms with Crippen LogP contribution in [0.4, 0.5) is 5.13 Å². The van der Waals surface area contributed by atoms with Crippen LogP contribution >= 0.6 is 22.0 Å². The third-order valence-electron chi connectivity index (χ3n) is 3.55. The summed E-state index contributed by atoms with van der Waals surface area (Å²) < 4.78 is 22.6. The van der Waals surface area contributed by atoms with Crippen molar-refractivity contribution in [3.05, 3.63) is 10.6 Å². The molecule has 2 heterocycles. The highest BCUT2D eigenvalue weighted by atomic mass is 35.7. The highest BCUT2D eigenvalue weighted by molar-refractivity contribution is 8.14. The van der Waals surface area contributed by atoms with E-state index in [0.29, 0.717) is 5.13 Å². The highest BCUT2D eigenvalue weighted by Gasteiger charge is 2.39. The number of amides is 1. The second kappa shape index (κ2) is 4.71. The molecule has 0 spiro atoms. The van der Waals surface area contributed by atoms with Gasteiger partial charge in [0.15, 0.2) is 5.13 Å². The molecule has 5 nitrogen and oxygen atoms in total. The molecule has 0 aromatic carbocycles. The number of hydrogen-bond acceptors (Lipinski definition) is 5. The van der Waals surface area contributed by atoms with Crippen LogP contribution in [0.5, 0.6) is 0 Å². The van der Waals surface area contributed by atoms with Gasteiger partial charge in [-0.3, -0.25) is 9.69 Å². The Kier molecular flexibility index (Phi) is 3.31. The van der Waals surface area contributed by atoms with E-state index < -0.39 is 14.3 Å². The first-order valence-corrected chi connectivity index (χ1v) is 9.36. The Morgan fingerprint density at radius 3 is 2.68 bits per heavy atom. The first-order valence-electron chi connectivity index (χ1n) is 6.17.